The van der Waals surface area contributed by atoms with Gasteiger partial charge in [-0.1, -0.05) is 53.2 Å². The lowest BCUT2D eigenvalue weighted by molar-refractivity contribution is -0.121. The second-order valence-corrected chi connectivity index (χ2v) is 8.44. The first-order valence-electron chi connectivity index (χ1n) is 7.94. The van der Waals surface area contributed by atoms with Crippen molar-refractivity contribution in [2.75, 3.05) is 13.1 Å². The van der Waals surface area contributed by atoms with Crippen molar-refractivity contribution in [2.24, 2.45) is 0 Å². The van der Waals surface area contributed by atoms with Crippen molar-refractivity contribution in [3.05, 3.63) is 64.6 Å². The monoisotopic (exact) mass is 424 g/mol. The summed E-state index contributed by atoms with van der Waals surface area (Å²) in [5, 5.41) is 2.84. The Hall–Kier alpha value is -1.70. The smallest absolute Gasteiger partial charge is 0.243 e. The summed E-state index contributed by atoms with van der Waals surface area (Å²) in [5.41, 5.74) is 0.967. The van der Waals surface area contributed by atoms with Crippen LogP contribution >= 0.6 is 15.9 Å². The van der Waals surface area contributed by atoms with Crippen LogP contribution in [0.15, 0.2) is 64.0 Å². The van der Waals surface area contributed by atoms with Crippen LogP contribution in [0.25, 0.3) is 0 Å². The van der Waals surface area contributed by atoms with Gasteiger partial charge in [0, 0.05) is 11.0 Å². The Labute approximate surface area is 157 Å². The van der Waals surface area contributed by atoms with Crippen LogP contribution in [0.4, 0.5) is 0 Å². The molecule has 1 atom stereocenters. The maximum absolute atomic E-state index is 12.7. The second-order valence-electron chi connectivity index (χ2n) is 5.59. The van der Waals surface area contributed by atoms with Crippen molar-refractivity contribution < 1.29 is 13.2 Å². The molecule has 0 saturated carbocycles. The molecule has 2 aromatic carbocycles. The van der Waals surface area contributed by atoms with Crippen molar-refractivity contribution >= 4 is 31.9 Å². The summed E-state index contributed by atoms with van der Waals surface area (Å²) in [7, 11) is -3.71. The predicted molar refractivity (Wildman–Crippen MR) is 102 cm³/mol. The zero-order valence-corrected chi connectivity index (χ0v) is 16.5. The second kappa shape index (κ2) is 8.60. The van der Waals surface area contributed by atoms with E-state index >= 15 is 0 Å². The number of carbonyl (C=O) groups is 1. The molecule has 0 aliphatic carbocycles. The Bertz CT molecular complexity index is 808. The summed E-state index contributed by atoms with van der Waals surface area (Å²) in [6, 6.07) is 15.7. The largest absolute Gasteiger partial charge is 0.348 e. The van der Waals surface area contributed by atoms with E-state index in [-0.39, 0.29) is 29.9 Å². The molecule has 0 bridgehead atoms. The van der Waals surface area contributed by atoms with Crippen LogP contribution < -0.4 is 5.32 Å². The number of hydrogen-bond acceptors (Lipinski definition) is 3. The fourth-order valence-corrected chi connectivity index (χ4v) is 4.06. The Morgan fingerprint density at radius 3 is 2.28 bits per heavy atom. The highest BCUT2D eigenvalue weighted by Crippen LogP contribution is 2.19. The summed E-state index contributed by atoms with van der Waals surface area (Å²) in [6.45, 7) is 3.58. The van der Waals surface area contributed by atoms with Crippen molar-refractivity contribution in [3.8, 4) is 0 Å². The van der Waals surface area contributed by atoms with Crippen LogP contribution in [-0.4, -0.2) is 31.7 Å². The van der Waals surface area contributed by atoms with E-state index in [0.717, 1.165) is 10.0 Å². The maximum Gasteiger partial charge on any atom is 0.243 e. The van der Waals surface area contributed by atoms with E-state index in [0.29, 0.717) is 0 Å². The minimum atomic E-state index is -3.71. The number of halogens is 1. The van der Waals surface area contributed by atoms with Crippen molar-refractivity contribution in [1.82, 2.24) is 9.62 Å². The first-order valence-corrected chi connectivity index (χ1v) is 10.2. The lowest BCUT2D eigenvalue weighted by Crippen LogP contribution is -2.41. The molecule has 7 heteroatoms. The summed E-state index contributed by atoms with van der Waals surface area (Å²) in [6.07, 6.45) is 0. The molecule has 1 N–H and O–H groups in total. The third-order valence-electron chi connectivity index (χ3n) is 3.80. The third kappa shape index (κ3) is 5.14. The summed E-state index contributed by atoms with van der Waals surface area (Å²) < 4.78 is 27.4. The summed E-state index contributed by atoms with van der Waals surface area (Å²) >= 11 is 3.28. The Morgan fingerprint density at radius 1 is 1.12 bits per heavy atom. The van der Waals surface area contributed by atoms with Gasteiger partial charge in [-0.05, 0) is 36.8 Å². The first-order chi connectivity index (χ1) is 11.8. The molecule has 0 unspecified atom stereocenters. The van der Waals surface area contributed by atoms with Gasteiger partial charge in [-0.15, -0.1) is 0 Å². The highest BCUT2D eigenvalue weighted by Gasteiger charge is 2.25. The minimum Gasteiger partial charge on any atom is -0.348 e. The van der Waals surface area contributed by atoms with E-state index < -0.39 is 10.0 Å². The van der Waals surface area contributed by atoms with Crippen LogP contribution in [-0.2, 0) is 14.8 Å². The SMILES string of the molecule is CCN(CC(=O)N[C@@H](C)c1ccccc1)S(=O)(=O)c1ccc(Br)cc1. The zero-order valence-electron chi connectivity index (χ0n) is 14.1. The van der Waals surface area contributed by atoms with Gasteiger partial charge in [0.15, 0.2) is 0 Å². The predicted octanol–water partition coefficient (Wildman–Crippen LogP) is 3.34. The highest BCUT2D eigenvalue weighted by atomic mass is 79.9. The topological polar surface area (TPSA) is 66.5 Å². The van der Waals surface area contributed by atoms with Crippen molar-refractivity contribution in [3.63, 3.8) is 0 Å². The van der Waals surface area contributed by atoms with E-state index in [1.807, 2.05) is 37.3 Å². The van der Waals surface area contributed by atoms with E-state index in [4.69, 9.17) is 0 Å². The Balaban J connectivity index is 2.08. The lowest BCUT2D eigenvalue weighted by Gasteiger charge is -2.21. The summed E-state index contributed by atoms with van der Waals surface area (Å²) in [5.74, 6) is -0.334. The van der Waals surface area contributed by atoms with Gasteiger partial charge in [0.25, 0.3) is 0 Å². The standard InChI is InChI=1S/C18H21BrN2O3S/c1-3-21(25(23,24)17-11-9-16(19)10-12-17)13-18(22)20-14(2)15-7-5-4-6-8-15/h4-12,14H,3,13H2,1-2H3,(H,20,22)/t14-/m0/s1. The van der Waals surface area contributed by atoms with E-state index in [1.54, 1.807) is 19.1 Å². The van der Waals surface area contributed by atoms with Crippen LogP contribution in [0, 0.1) is 0 Å². The molecule has 0 fully saturated rings. The average molecular weight is 425 g/mol. The quantitative estimate of drug-likeness (QED) is 0.740. The molecule has 0 radical (unpaired) electrons. The minimum absolute atomic E-state index is 0.168. The molecule has 0 aliphatic rings. The molecule has 0 aromatic heterocycles. The highest BCUT2D eigenvalue weighted by molar-refractivity contribution is 9.10. The molecular formula is C18H21BrN2O3S. The van der Waals surface area contributed by atoms with Gasteiger partial charge in [0.05, 0.1) is 17.5 Å². The normalized spacial score (nSPS) is 12.8. The molecule has 5 nitrogen and oxygen atoms in total. The fourth-order valence-electron chi connectivity index (χ4n) is 2.39. The Kier molecular flexibility index (Phi) is 6.75. The van der Waals surface area contributed by atoms with E-state index in [2.05, 4.69) is 21.2 Å². The van der Waals surface area contributed by atoms with Gasteiger partial charge in [-0.3, -0.25) is 4.79 Å². The van der Waals surface area contributed by atoms with Gasteiger partial charge in [0.2, 0.25) is 15.9 Å². The van der Waals surface area contributed by atoms with Crippen molar-refractivity contribution in [2.45, 2.75) is 24.8 Å². The molecule has 0 saturated heterocycles. The van der Waals surface area contributed by atoms with Gasteiger partial charge in [-0.25, -0.2) is 8.42 Å². The molecular weight excluding hydrogens is 404 g/mol. The summed E-state index contributed by atoms with van der Waals surface area (Å²) in [4.78, 5) is 12.5. The number of rotatable bonds is 7. The molecule has 2 rings (SSSR count). The molecule has 0 heterocycles. The fraction of sp³-hybridized carbons (Fsp3) is 0.278. The van der Waals surface area contributed by atoms with Crippen LogP contribution in [0.2, 0.25) is 0 Å². The van der Waals surface area contributed by atoms with E-state index in [1.165, 1.54) is 16.4 Å². The van der Waals surface area contributed by atoms with Crippen LogP contribution in [0.5, 0.6) is 0 Å². The van der Waals surface area contributed by atoms with Gasteiger partial charge < -0.3 is 5.32 Å². The third-order valence-corrected chi connectivity index (χ3v) is 6.26. The van der Waals surface area contributed by atoms with Crippen LogP contribution in [0.1, 0.15) is 25.5 Å². The molecule has 0 aliphatic heterocycles. The molecule has 25 heavy (non-hydrogen) atoms. The maximum atomic E-state index is 12.7. The zero-order chi connectivity index (χ0) is 18.4. The molecule has 134 valence electrons. The molecule has 2 aromatic rings. The number of nitrogens with one attached hydrogen (secondary N) is 1. The van der Waals surface area contributed by atoms with Gasteiger partial charge in [-0.2, -0.15) is 4.31 Å². The number of sulfonamides is 1. The number of amides is 1. The van der Waals surface area contributed by atoms with Gasteiger partial charge in [0.1, 0.15) is 0 Å². The number of hydrogen-bond donors (Lipinski definition) is 1. The van der Waals surface area contributed by atoms with Gasteiger partial charge >= 0.3 is 0 Å². The number of likely N-dealkylation sites (N-methyl/N-ethyl adjacent to an activating group) is 1. The lowest BCUT2D eigenvalue weighted by atomic mass is 10.1. The molecule has 1 amide bonds. The van der Waals surface area contributed by atoms with E-state index in [9.17, 15) is 13.2 Å². The first kappa shape index (κ1) is 19.6. The number of nitrogens with zero attached hydrogens (tertiary/aromatic N) is 1. The average Bonchev–Trinajstić information content (AvgIpc) is 2.60. The number of carbonyl (C=O) groups excluding carboxylic acids is 1. The Morgan fingerprint density at radius 2 is 1.72 bits per heavy atom. The van der Waals surface area contributed by atoms with Crippen molar-refractivity contribution in [1.29, 1.82) is 0 Å². The van der Waals surface area contributed by atoms with Crippen LogP contribution in [0.3, 0.4) is 0 Å². The molecule has 0 spiro atoms. The number of benzene rings is 2.